The lowest BCUT2D eigenvalue weighted by molar-refractivity contribution is -0.275. The molecule has 1 atom stereocenters. The predicted molar refractivity (Wildman–Crippen MR) is 105 cm³/mol. The van der Waals surface area contributed by atoms with E-state index in [1.54, 1.807) is 12.1 Å². The van der Waals surface area contributed by atoms with Crippen molar-refractivity contribution >= 4 is 43.5 Å². The van der Waals surface area contributed by atoms with E-state index in [1.807, 2.05) is 0 Å². The molecular weight excluding hydrogens is 517 g/mol. The minimum absolute atomic E-state index is 0.195. The predicted octanol–water partition coefficient (Wildman–Crippen LogP) is 4.03. The summed E-state index contributed by atoms with van der Waals surface area (Å²) in [6.45, 7) is 1.09. The summed E-state index contributed by atoms with van der Waals surface area (Å²) < 4.78 is 68.9. The van der Waals surface area contributed by atoms with E-state index in [-0.39, 0.29) is 16.6 Å². The zero-order valence-corrected chi connectivity index (χ0v) is 18.3. The van der Waals surface area contributed by atoms with Gasteiger partial charge in [-0.15, -0.1) is 13.2 Å². The van der Waals surface area contributed by atoms with Crippen LogP contribution >= 0.6 is 27.5 Å². The molecule has 0 aliphatic heterocycles. The number of carbonyl (C=O) groups is 1. The SMILES string of the molecule is C[C@@H](CONC(=O)c1cccc(Cl)c1)NS(=O)(=O)c1ccc(Br)cc1OC(F)(F)F. The van der Waals surface area contributed by atoms with Gasteiger partial charge in [0.1, 0.15) is 4.90 Å². The third-order valence-electron chi connectivity index (χ3n) is 3.36. The summed E-state index contributed by atoms with van der Waals surface area (Å²) in [7, 11) is -4.39. The Hall–Kier alpha value is -1.86. The Bertz CT molecular complexity index is 1020. The van der Waals surface area contributed by atoms with Crippen LogP contribution in [0.15, 0.2) is 51.8 Å². The smallest absolute Gasteiger partial charge is 0.404 e. The van der Waals surface area contributed by atoms with E-state index < -0.39 is 39.0 Å². The van der Waals surface area contributed by atoms with Crippen molar-refractivity contribution in [2.24, 2.45) is 0 Å². The van der Waals surface area contributed by atoms with Crippen LogP contribution in [-0.4, -0.2) is 33.3 Å². The van der Waals surface area contributed by atoms with E-state index in [9.17, 15) is 26.4 Å². The van der Waals surface area contributed by atoms with E-state index in [2.05, 4.69) is 30.9 Å². The van der Waals surface area contributed by atoms with Crippen LogP contribution in [0.5, 0.6) is 5.75 Å². The van der Waals surface area contributed by atoms with Gasteiger partial charge in [0, 0.05) is 21.1 Å². The molecule has 2 aromatic rings. The van der Waals surface area contributed by atoms with Gasteiger partial charge in [-0.25, -0.2) is 18.6 Å². The molecule has 0 aliphatic rings. The van der Waals surface area contributed by atoms with Crippen LogP contribution in [-0.2, 0) is 14.9 Å². The maximum Gasteiger partial charge on any atom is 0.573 e. The zero-order valence-electron chi connectivity index (χ0n) is 15.2. The third kappa shape index (κ3) is 7.43. The molecule has 1 amide bonds. The number of hydroxylamine groups is 1. The van der Waals surface area contributed by atoms with E-state index in [1.165, 1.54) is 25.1 Å². The quantitative estimate of drug-likeness (QED) is 0.502. The van der Waals surface area contributed by atoms with Crippen LogP contribution in [0, 0.1) is 0 Å². The molecule has 2 aromatic carbocycles. The Labute approximate surface area is 183 Å². The number of carbonyl (C=O) groups excluding carboxylic acids is 1. The standard InChI is InChI=1S/C17H15BrClF3N2O5S/c1-10(9-28-23-16(25)11-3-2-4-13(19)7-11)24-30(26,27)15-6-5-12(18)8-14(15)29-17(20,21)22/h2-8,10,24H,9H2,1H3,(H,23,25)/t10-/m0/s1. The van der Waals surface area contributed by atoms with Crippen molar-refractivity contribution in [3.63, 3.8) is 0 Å². The Morgan fingerprint density at radius 2 is 1.93 bits per heavy atom. The van der Waals surface area contributed by atoms with Gasteiger partial charge in [-0.1, -0.05) is 33.6 Å². The Morgan fingerprint density at radius 1 is 1.23 bits per heavy atom. The largest absolute Gasteiger partial charge is 0.573 e. The lowest BCUT2D eigenvalue weighted by Crippen LogP contribution is -2.38. The molecule has 0 unspecified atom stereocenters. The van der Waals surface area contributed by atoms with Gasteiger partial charge in [-0.3, -0.25) is 9.63 Å². The van der Waals surface area contributed by atoms with Crippen LogP contribution in [0.4, 0.5) is 13.2 Å². The summed E-state index contributed by atoms with van der Waals surface area (Å²) in [6, 6.07) is 8.23. The maximum absolute atomic E-state index is 12.6. The normalized spacial score (nSPS) is 13.0. The molecule has 2 rings (SSSR count). The number of hydrogen-bond acceptors (Lipinski definition) is 5. The van der Waals surface area contributed by atoms with E-state index >= 15 is 0 Å². The summed E-state index contributed by atoms with van der Waals surface area (Å²) in [5.41, 5.74) is 2.34. The molecule has 2 N–H and O–H groups in total. The molecule has 0 saturated heterocycles. The molecule has 13 heteroatoms. The molecule has 0 bridgehead atoms. The highest BCUT2D eigenvalue weighted by Crippen LogP contribution is 2.32. The second kappa shape index (κ2) is 9.96. The lowest BCUT2D eigenvalue weighted by Gasteiger charge is -2.17. The van der Waals surface area contributed by atoms with Gasteiger partial charge in [0.05, 0.1) is 6.61 Å². The fraction of sp³-hybridized carbons (Fsp3) is 0.235. The summed E-state index contributed by atoms with van der Waals surface area (Å²) in [5.74, 6) is -1.51. The third-order valence-corrected chi connectivity index (χ3v) is 5.72. The molecule has 30 heavy (non-hydrogen) atoms. The minimum atomic E-state index is -5.08. The second-order valence-corrected chi connectivity index (χ2v) is 8.95. The topological polar surface area (TPSA) is 93.7 Å². The average molecular weight is 532 g/mol. The molecular formula is C17H15BrClF3N2O5S. The van der Waals surface area contributed by atoms with Gasteiger partial charge in [-0.05, 0) is 43.3 Å². The molecule has 0 aromatic heterocycles. The molecule has 0 saturated carbocycles. The highest BCUT2D eigenvalue weighted by atomic mass is 79.9. The van der Waals surface area contributed by atoms with Crippen LogP contribution in [0.3, 0.4) is 0 Å². The first kappa shape index (κ1) is 24.4. The van der Waals surface area contributed by atoms with Crippen molar-refractivity contribution in [2.45, 2.75) is 24.2 Å². The second-order valence-electron chi connectivity index (χ2n) is 5.91. The number of rotatable bonds is 8. The highest BCUT2D eigenvalue weighted by Gasteiger charge is 2.34. The number of alkyl halides is 3. The Morgan fingerprint density at radius 3 is 2.57 bits per heavy atom. The molecule has 7 nitrogen and oxygen atoms in total. The molecule has 164 valence electrons. The van der Waals surface area contributed by atoms with E-state index in [4.69, 9.17) is 16.4 Å². The number of ether oxygens (including phenoxy) is 1. The summed E-state index contributed by atoms with van der Waals surface area (Å²) in [6.07, 6.45) is -5.08. The van der Waals surface area contributed by atoms with Crippen LogP contribution in [0.25, 0.3) is 0 Å². The highest BCUT2D eigenvalue weighted by molar-refractivity contribution is 9.10. The molecule has 0 aliphatic carbocycles. The van der Waals surface area contributed by atoms with Gasteiger partial charge in [0.15, 0.2) is 5.75 Å². The first-order valence-corrected chi connectivity index (χ1v) is 10.8. The number of hydrogen-bond donors (Lipinski definition) is 2. The van der Waals surface area contributed by atoms with Crippen LogP contribution in [0.1, 0.15) is 17.3 Å². The number of benzene rings is 2. The van der Waals surface area contributed by atoms with Crippen molar-refractivity contribution in [3.8, 4) is 5.75 Å². The Kier molecular flexibility index (Phi) is 8.11. The fourth-order valence-electron chi connectivity index (χ4n) is 2.19. The first-order valence-electron chi connectivity index (χ1n) is 8.13. The van der Waals surface area contributed by atoms with Crippen molar-refractivity contribution in [1.29, 1.82) is 0 Å². The maximum atomic E-state index is 12.6. The van der Waals surface area contributed by atoms with Gasteiger partial charge >= 0.3 is 6.36 Å². The number of sulfonamides is 1. The van der Waals surface area contributed by atoms with Crippen molar-refractivity contribution in [1.82, 2.24) is 10.2 Å². The van der Waals surface area contributed by atoms with Crippen molar-refractivity contribution < 1.29 is 36.0 Å². The van der Waals surface area contributed by atoms with Crippen molar-refractivity contribution in [2.75, 3.05) is 6.61 Å². The van der Waals surface area contributed by atoms with Crippen LogP contribution in [0.2, 0.25) is 5.02 Å². The number of amides is 1. The Balaban J connectivity index is 2.01. The minimum Gasteiger partial charge on any atom is -0.404 e. The van der Waals surface area contributed by atoms with Crippen molar-refractivity contribution in [3.05, 3.63) is 57.5 Å². The molecule has 0 radical (unpaired) electrons. The molecule has 0 spiro atoms. The average Bonchev–Trinajstić information content (AvgIpc) is 2.59. The number of halogens is 5. The summed E-state index contributed by atoms with van der Waals surface area (Å²) in [4.78, 5) is 16.2. The molecule has 0 fully saturated rings. The van der Waals surface area contributed by atoms with Gasteiger partial charge in [0.25, 0.3) is 5.91 Å². The van der Waals surface area contributed by atoms with Gasteiger partial charge < -0.3 is 4.74 Å². The lowest BCUT2D eigenvalue weighted by atomic mass is 10.2. The monoisotopic (exact) mass is 530 g/mol. The van der Waals surface area contributed by atoms with Gasteiger partial charge in [-0.2, -0.15) is 0 Å². The van der Waals surface area contributed by atoms with Gasteiger partial charge in [0.2, 0.25) is 10.0 Å². The number of nitrogens with one attached hydrogen (secondary N) is 2. The van der Waals surface area contributed by atoms with Crippen LogP contribution < -0.4 is 14.9 Å². The van der Waals surface area contributed by atoms with E-state index in [0.29, 0.717) is 5.02 Å². The summed E-state index contributed by atoms with van der Waals surface area (Å²) in [5, 5.41) is 0.343. The fourth-order valence-corrected chi connectivity index (χ4v) is 4.06. The zero-order chi connectivity index (χ0) is 22.5. The molecule has 0 heterocycles. The summed E-state index contributed by atoms with van der Waals surface area (Å²) >= 11 is 8.75. The van der Waals surface area contributed by atoms with E-state index in [0.717, 1.165) is 12.1 Å². The first-order chi connectivity index (χ1) is 13.9.